The predicted octanol–water partition coefficient (Wildman–Crippen LogP) is 3.69. The molecule has 0 aromatic carbocycles. The van der Waals surface area contributed by atoms with Crippen LogP contribution in [0.1, 0.15) is 65.7 Å². The number of Topliss-reactive ketones (excluding diaryl/α,β-unsaturated/α-hetero) is 2. The van der Waals surface area contributed by atoms with Crippen LogP contribution in [0, 0.1) is 34.5 Å². The van der Waals surface area contributed by atoms with Gasteiger partial charge in [0.05, 0.1) is 6.10 Å². The summed E-state index contributed by atoms with van der Waals surface area (Å²) < 4.78 is 0. The topological polar surface area (TPSA) is 54.4 Å². The number of hydrogen-bond donors (Lipinski definition) is 1. The molecule has 0 bridgehead atoms. The number of rotatable bonds is 1. The summed E-state index contributed by atoms with van der Waals surface area (Å²) in [6.07, 6.45) is 8.16. The van der Waals surface area contributed by atoms with E-state index in [1.54, 1.807) is 6.92 Å². The fourth-order valence-electron chi connectivity index (χ4n) is 7.14. The van der Waals surface area contributed by atoms with Gasteiger partial charge in [-0.05, 0) is 68.1 Å². The van der Waals surface area contributed by atoms with Crippen LogP contribution in [0.25, 0.3) is 0 Å². The summed E-state index contributed by atoms with van der Waals surface area (Å²) in [5.41, 5.74) is 1.13. The Bertz CT molecular complexity index is 621. The van der Waals surface area contributed by atoms with Crippen LogP contribution in [0.3, 0.4) is 0 Å². The summed E-state index contributed by atoms with van der Waals surface area (Å²) in [6, 6.07) is 0. The van der Waals surface area contributed by atoms with E-state index in [0.29, 0.717) is 24.0 Å². The summed E-state index contributed by atoms with van der Waals surface area (Å²) in [5, 5.41) is 10.0. The highest BCUT2D eigenvalue weighted by molar-refractivity contribution is 5.87. The molecule has 7 atom stereocenters. The van der Waals surface area contributed by atoms with Gasteiger partial charge in [0.15, 0.2) is 0 Å². The molecule has 0 aromatic rings. The first-order valence-corrected chi connectivity index (χ1v) is 9.68. The lowest BCUT2D eigenvalue weighted by Crippen LogP contribution is -2.55. The van der Waals surface area contributed by atoms with Crippen LogP contribution in [0.4, 0.5) is 0 Å². The van der Waals surface area contributed by atoms with Crippen molar-refractivity contribution in [2.75, 3.05) is 0 Å². The van der Waals surface area contributed by atoms with Crippen molar-refractivity contribution in [3.05, 3.63) is 11.6 Å². The Morgan fingerprint density at radius 3 is 2.71 bits per heavy atom. The van der Waals surface area contributed by atoms with Crippen molar-refractivity contribution in [2.45, 2.75) is 71.8 Å². The highest BCUT2D eigenvalue weighted by Crippen LogP contribution is 2.65. The number of hydrogen-bond acceptors (Lipinski definition) is 3. The molecular formula is C21H30O3. The molecule has 0 saturated heterocycles. The number of aliphatic hydroxyl groups is 1. The van der Waals surface area contributed by atoms with Crippen molar-refractivity contribution in [3.8, 4) is 0 Å². The normalized spacial score (nSPS) is 50.6. The number of carbonyl (C=O) groups excluding carboxylic acids is 2. The van der Waals surface area contributed by atoms with Gasteiger partial charge in [0.2, 0.25) is 0 Å². The van der Waals surface area contributed by atoms with E-state index in [1.165, 1.54) is 5.57 Å². The lowest BCUT2D eigenvalue weighted by atomic mass is 9.47. The Kier molecular flexibility index (Phi) is 3.62. The maximum absolute atomic E-state index is 13.3. The molecule has 4 aliphatic carbocycles. The van der Waals surface area contributed by atoms with E-state index >= 15 is 0 Å². The number of ketones is 2. The zero-order valence-electron chi connectivity index (χ0n) is 15.2. The largest absolute Gasteiger partial charge is 0.393 e. The zero-order valence-corrected chi connectivity index (χ0v) is 15.2. The van der Waals surface area contributed by atoms with Gasteiger partial charge in [0.25, 0.3) is 0 Å². The monoisotopic (exact) mass is 330 g/mol. The molecule has 4 rings (SSSR count). The fourth-order valence-corrected chi connectivity index (χ4v) is 7.14. The molecule has 0 radical (unpaired) electrons. The Hall–Kier alpha value is -0.960. The van der Waals surface area contributed by atoms with Crippen LogP contribution in [-0.2, 0) is 9.59 Å². The molecule has 1 N–H and O–H groups in total. The summed E-state index contributed by atoms with van der Waals surface area (Å²) >= 11 is 0. The van der Waals surface area contributed by atoms with Crippen LogP contribution in [0.15, 0.2) is 11.6 Å². The molecule has 0 aliphatic heterocycles. The predicted molar refractivity (Wildman–Crippen MR) is 92.3 cm³/mol. The molecule has 3 saturated carbocycles. The SMILES string of the molecule is CC(=O)[C@H]1CC[C@H]2[C@@H]3CC=C4C[C@H](O)CC[C@]4(C)[C@H]3C(=O)C[C@]12C. The van der Waals surface area contributed by atoms with Gasteiger partial charge >= 0.3 is 0 Å². The summed E-state index contributed by atoms with van der Waals surface area (Å²) in [7, 11) is 0. The minimum absolute atomic E-state index is 0.0606. The Labute approximate surface area is 144 Å². The third kappa shape index (κ3) is 2.06. The molecule has 0 amide bonds. The maximum atomic E-state index is 13.3. The highest BCUT2D eigenvalue weighted by Gasteiger charge is 2.62. The van der Waals surface area contributed by atoms with E-state index in [1.807, 2.05) is 0 Å². The van der Waals surface area contributed by atoms with Gasteiger partial charge < -0.3 is 5.11 Å². The smallest absolute Gasteiger partial charge is 0.137 e. The van der Waals surface area contributed by atoms with E-state index in [-0.39, 0.29) is 34.6 Å². The second-order valence-electron chi connectivity index (χ2n) is 9.42. The van der Waals surface area contributed by atoms with E-state index in [2.05, 4.69) is 19.9 Å². The Balaban J connectivity index is 1.73. The van der Waals surface area contributed by atoms with Crippen LogP contribution in [0.5, 0.6) is 0 Å². The molecule has 132 valence electrons. The second-order valence-corrected chi connectivity index (χ2v) is 9.42. The molecule has 3 fully saturated rings. The third-order valence-corrected chi connectivity index (χ3v) is 8.26. The second kappa shape index (κ2) is 5.27. The molecule has 0 spiro atoms. The Morgan fingerprint density at radius 2 is 2.00 bits per heavy atom. The standard InChI is InChI=1S/C21H30O3/c1-12(22)16-6-7-17-15-5-4-13-10-14(23)8-9-20(13,2)19(15)18(24)11-21(16,17)3/h4,14-17,19,23H,5-11H2,1-3H3/t14-,15+,16-,17+,19-,20+,21-/m1/s1. The van der Waals surface area contributed by atoms with Crippen molar-refractivity contribution in [1.29, 1.82) is 0 Å². The zero-order chi connectivity index (χ0) is 17.3. The van der Waals surface area contributed by atoms with Crippen LogP contribution in [0.2, 0.25) is 0 Å². The average molecular weight is 330 g/mol. The van der Waals surface area contributed by atoms with E-state index in [9.17, 15) is 14.7 Å². The molecule has 0 aromatic heterocycles. The molecule has 3 heteroatoms. The highest BCUT2D eigenvalue weighted by atomic mass is 16.3. The first kappa shape index (κ1) is 16.5. The minimum atomic E-state index is -0.238. The van der Waals surface area contributed by atoms with Gasteiger partial charge in [-0.3, -0.25) is 9.59 Å². The van der Waals surface area contributed by atoms with Gasteiger partial charge in [-0.15, -0.1) is 0 Å². The average Bonchev–Trinajstić information content (AvgIpc) is 2.84. The number of aliphatic hydroxyl groups excluding tert-OH is 1. The lowest BCUT2D eigenvalue weighted by molar-refractivity contribution is -0.146. The van der Waals surface area contributed by atoms with E-state index in [4.69, 9.17) is 0 Å². The van der Waals surface area contributed by atoms with Gasteiger partial charge in [-0.1, -0.05) is 25.5 Å². The van der Waals surface area contributed by atoms with E-state index < -0.39 is 0 Å². The fraction of sp³-hybridized carbons (Fsp3) is 0.810. The number of fused-ring (bicyclic) bond motifs is 5. The van der Waals surface area contributed by atoms with Crippen molar-refractivity contribution in [1.82, 2.24) is 0 Å². The minimum Gasteiger partial charge on any atom is -0.393 e. The van der Waals surface area contributed by atoms with E-state index in [0.717, 1.165) is 38.5 Å². The summed E-state index contributed by atoms with van der Waals surface area (Å²) in [5.74, 6) is 1.72. The lowest BCUT2D eigenvalue weighted by Gasteiger charge is -2.56. The van der Waals surface area contributed by atoms with Crippen LogP contribution >= 0.6 is 0 Å². The van der Waals surface area contributed by atoms with Crippen molar-refractivity contribution in [3.63, 3.8) is 0 Å². The quantitative estimate of drug-likeness (QED) is 0.746. The first-order chi connectivity index (χ1) is 11.3. The van der Waals surface area contributed by atoms with Crippen molar-refractivity contribution in [2.24, 2.45) is 34.5 Å². The van der Waals surface area contributed by atoms with Gasteiger partial charge in [-0.2, -0.15) is 0 Å². The number of allylic oxidation sites excluding steroid dienone is 1. The molecule has 3 nitrogen and oxygen atoms in total. The van der Waals surface area contributed by atoms with Crippen LogP contribution < -0.4 is 0 Å². The summed E-state index contributed by atoms with van der Waals surface area (Å²) in [4.78, 5) is 25.4. The molecular weight excluding hydrogens is 300 g/mol. The maximum Gasteiger partial charge on any atom is 0.137 e. The first-order valence-electron chi connectivity index (χ1n) is 9.68. The van der Waals surface area contributed by atoms with Gasteiger partial charge in [0, 0.05) is 18.3 Å². The number of carbonyl (C=O) groups is 2. The van der Waals surface area contributed by atoms with Gasteiger partial charge in [-0.25, -0.2) is 0 Å². The van der Waals surface area contributed by atoms with Crippen LogP contribution in [-0.4, -0.2) is 22.8 Å². The van der Waals surface area contributed by atoms with Gasteiger partial charge in [0.1, 0.15) is 11.6 Å². The molecule has 24 heavy (non-hydrogen) atoms. The van der Waals surface area contributed by atoms with Crippen molar-refractivity contribution >= 4 is 11.6 Å². The summed E-state index contributed by atoms with van der Waals surface area (Å²) in [6.45, 7) is 6.17. The Morgan fingerprint density at radius 1 is 1.25 bits per heavy atom. The van der Waals surface area contributed by atoms with Crippen molar-refractivity contribution < 1.29 is 14.7 Å². The molecule has 0 unspecified atom stereocenters. The molecule has 4 aliphatic rings. The molecule has 0 heterocycles. The third-order valence-electron chi connectivity index (χ3n) is 8.26.